The summed E-state index contributed by atoms with van der Waals surface area (Å²) in [4.78, 5) is 11.9. The van der Waals surface area contributed by atoms with Gasteiger partial charge in [0.05, 0.1) is 6.04 Å². The van der Waals surface area contributed by atoms with Crippen LogP contribution in [-0.4, -0.2) is 18.0 Å². The molecular formula is C15H28N2O. The number of amides is 1. The largest absolute Gasteiger partial charge is 0.352 e. The second-order valence-electron chi connectivity index (χ2n) is 6.65. The summed E-state index contributed by atoms with van der Waals surface area (Å²) < 4.78 is 0. The van der Waals surface area contributed by atoms with Crippen LogP contribution < -0.4 is 11.1 Å². The average molecular weight is 252 g/mol. The van der Waals surface area contributed by atoms with Crippen LogP contribution in [0.15, 0.2) is 0 Å². The van der Waals surface area contributed by atoms with Crippen molar-refractivity contribution in [2.24, 2.45) is 23.5 Å². The molecule has 0 aromatic rings. The summed E-state index contributed by atoms with van der Waals surface area (Å²) in [6.07, 6.45) is 8.88. The van der Waals surface area contributed by atoms with Crippen molar-refractivity contribution in [1.82, 2.24) is 5.32 Å². The molecule has 0 aliphatic heterocycles. The number of hydrogen-bond donors (Lipinski definition) is 2. The fourth-order valence-corrected chi connectivity index (χ4v) is 3.37. The van der Waals surface area contributed by atoms with E-state index in [4.69, 9.17) is 5.73 Å². The summed E-state index contributed by atoms with van der Waals surface area (Å²) in [7, 11) is 0. The van der Waals surface area contributed by atoms with Crippen molar-refractivity contribution in [2.75, 3.05) is 0 Å². The SMILES string of the molecule is CC(C)C[C@H](N)C(=O)NC1CC1C1CCCCC1. The Morgan fingerprint density at radius 3 is 2.56 bits per heavy atom. The highest BCUT2D eigenvalue weighted by Crippen LogP contribution is 2.44. The first kappa shape index (κ1) is 13.9. The van der Waals surface area contributed by atoms with Crippen molar-refractivity contribution in [3.8, 4) is 0 Å². The standard InChI is InChI=1S/C15H28N2O/c1-10(2)8-13(16)15(18)17-14-9-12(14)11-6-4-3-5-7-11/h10-14H,3-9,16H2,1-2H3,(H,17,18)/t12?,13-,14?/m0/s1. The van der Waals surface area contributed by atoms with Gasteiger partial charge in [0.2, 0.25) is 5.91 Å². The van der Waals surface area contributed by atoms with Crippen molar-refractivity contribution in [2.45, 2.75) is 70.9 Å². The van der Waals surface area contributed by atoms with Gasteiger partial charge in [-0.3, -0.25) is 4.79 Å². The molecule has 2 aliphatic carbocycles. The predicted molar refractivity (Wildman–Crippen MR) is 74.0 cm³/mol. The molecule has 3 heteroatoms. The van der Waals surface area contributed by atoms with Crippen LogP contribution >= 0.6 is 0 Å². The Morgan fingerprint density at radius 1 is 1.28 bits per heavy atom. The quantitative estimate of drug-likeness (QED) is 0.789. The first-order chi connectivity index (χ1) is 8.58. The van der Waals surface area contributed by atoms with Gasteiger partial charge in [-0.05, 0) is 30.6 Å². The average Bonchev–Trinajstić information content (AvgIpc) is 3.08. The molecule has 2 fully saturated rings. The molecule has 0 aromatic carbocycles. The Labute approximate surface area is 111 Å². The number of nitrogens with one attached hydrogen (secondary N) is 1. The summed E-state index contributed by atoms with van der Waals surface area (Å²) in [5, 5.41) is 3.14. The molecule has 18 heavy (non-hydrogen) atoms. The Balaban J connectivity index is 1.70. The maximum absolute atomic E-state index is 11.9. The maximum Gasteiger partial charge on any atom is 0.237 e. The third-order valence-electron chi connectivity index (χ3n) is 4.48. The molecule has 0 aromatic heterocycles. The van der Waals surface area contributed by atoms with E-state index in [0.717, 1.165) is 18.3 Å². The van der Waals surface area contributed by atoms with Crippen LogP contribution in [0, 0.1) is 17.8 Å². The van der Waals surface area contributed by atoms with E-state index in [0.29, 0.717) is 12.0 Å². The minimum atomic E-state index is -0.322. The zero-order chi connectivity index (χ0) is 13.1. The van der Waals surface area contributed by atoms with E-state index in [2.05, 4.69) is 19.2 Å². The lowest BCUT2D eigenvalue weighted by molar-refractivity contribution is -0.122. The van der Waals surface area contributed by atoms with Crippen LogP contribution in [0.3, 0.4) is 0 Å². The third kappa shape index (κ3) is 3.71. The number of rotatable bonds is 5. The highest BCUT2D eigenvalue weighted by atomic mass is 16.2. The molecule has 1 amide bonds. The van der Waals surface area contributed by atoms with Gasteiger partial charge in [0.15, 0.2) is 0 Å². The Morgan fingerprint density at radius 2 is 1.94 bits per heavy atom. The molecule has 2 rings (SSSR count). The van der Waals surface area contributed by atoms with Crippen molar-refractivity contribution >= 4 is 5.91 Å². The Hall–Kier alpha value is -0.570. The van der Waals surface area contributed by atoms with Crippen molar-refractivity contribution in [3.63, 3.8) is 0 Å². The normalized spacial score (nSPS) is 30.2. The molecule has 0 bridgehead atoms. The summed E-state index contributed by atoms with van der Waals surface area (Å²) >= 11 is 0. The lowest BCUT2D eigenvalue weighted by atomic mass is 9.85. The summed E-state index contributed by atoms with van der Waals surface area (Å²) in [6, 6.07) is 0.108. The van der Waals surface area contributed by atoms with Crippen molar-refractivity contribution in [3.05, 3.63) is 0 Å². The Kier molecular flexibility index (Phi) is 4.66. The molecule has 3 nitrogen and oxygen atoms in total. The number of nitrogens with two attached hydrogens (primary N) is 1. The first-order valence-corrected chi connectivity index (χ1v) is 7.64. The van der Waals surface area contributed by atoms with Crippen molar-refractivity contribution in [1.29, 1.82) is 0 Å². The van der Waals surface area contributed by atoms with Crippen LogP contribution in [0.1, 0.15) is 58.8 Å². The summed E-state index contributed by atoms with van der Waals surface area (Å²) in [5.74, 6) is 2.16. The van der Waals surface area contributed by atoms with E-state index < -0.39 is 0 Å². The van der Waals surface area contributed by atoms with Gasteiger partial charge in [-0.1, -0.05) is 46.0 Å². The molecule has 2 unspecified atom stereocenters. The van der Waals surface area contributed by atoms with Gasteiger partial charge in [0.25, 0.3) is 0 Å². The predicted octanol–water partition coefficient (Wildman–Crippen LogP) is 2.44. The van der Waals surface area contributed by atoms with Gasteiger partial charge in [0.1, 0.15) is 0 Å². The maximum atomic E-state index is 11.9. The molecule has 3 atom stereocenters. The van der Waals surface area contributed by atoms with E-state index in [1.165, 1.54) is 38.5 Å². The van der Waals surface area contributed by atoms with Crippen molar-refractivity contribution < 1.29 is 4.79 Å². The smallest absolute Gasteiger partial charge is 0.237 e. The fourth-order valence-electron chi connectivity index (χ4n) is 3.37. The molecule has 0 spiro atoms. The molecular weight excluding hydrogens is 224 g/mol. The van der Waals surface area contributed by atoms with E-state index in [1.54, 1.807) is 0 Å². The van der Waals surface area contributed by atoms with Crippen LogP contribution in [0.2, 0.25) is 0 Å². The molecule has 3 N–H and O–H groups in total. The van der Waals surface area contributed by atoms with E-state index >= 15 is 0 Å². The minimum Gasteiger partial charge on any atom is -0.352 e. The summed E-state index contributed by atoms with van der Waals surface area (Å²) in [6.45, 7) is 4.21. The molecule has 2 saturated carbocycles. The van der Waals surface area contributed by atoms with Crippen LogP contribution in [0.4, 0.5) is 0 Å². The highest BCUT2D eigenvalue weighted by molar-refractivity contribution is 5.82. The molecule has 104 valence electrons. The van der Waals surface area contributed by atoms with Gasteiger partial charge in [-0.25, -0.2) is 0 Å². The lowest BCUT2D eigenvalue weighted by Gasteiger charge is -2.22. The third-order valence-corrected chi connectivity index (χ3v) is 4.48. The van der Waals surface area contributed by atoms with E-state index in [9.17, 15) is 4.79 Å². The number of carbonyl (C=O) groups is 1. The van der Waals surface area contributed by atoms with Crippen LogP contribution in [-0.2, 0) is 4.79 Å². The van der Waals surface area contributed by atoms with Gasteiger partial charge in [-0.2, -0.15) is 0 Å². The lowest BCUT2D eigenvalue weighted by Crippen LogP contribution is -2.43. The zero-order valence-corrected chi connectivity index (χ0v) is 11.8. The van der Waals surface area contributed by atoms with E-state index in [-0.39, 0.29) is 11.9 Å². The first-order valence-electron chi connectivity index (χ1n) is 7.64. The second kappa shape index (κ2) is 6.05. The van der Waals surface area contributed by atoms with Crippen LogP contribution in [0.5, 0.6) is 0 Å². The molecule has 0 heterocycles. The molecule has 0 saturated heterocycles. The fraction of sp³-hybridized carbons (Fsp3) is 0.933. The topological polar surface area (TPSA) is 55.1 Å². The van der Waals surface area contributed by atoms with Gasteiger partial charge >= 0.3 is 0 Å². The second-order valence-corrected chi connectivity index (χ2v) is 6.65. The highest BCUT2D eigenvalue weighted by Gasteiger charge is 2.44. The summed E-state index contributed by atoms with van der Waals surface area (Å²) in [5.41, 5.74) is 5.91. The van der Waals surface area contributed by atoms with Crippen LogP contribution in [0.25, 0.3) is 0 Å². The number of carbonyl (C=O) groups excluding carboxylic acids is 1. The Bertz CT molecular complexity index is 284. The molecule has 0 radical (unpaired) electrons. The monoisotopic (exact) mass is 252 g/mol. The minimum absolute atomic E-state index is 0.0620. The van der Waals surface area contributed by atoms with Gasteiger partial charge in [-0.15, -0.1) is 0 Å². The number of hydrogen-bond acceptors (Lipinski definition) is 2. The van der Waals surface area contributed by atoms with Gasteiger partial charge in [0, 0.05) is 6.04 Å². The molecule has 2 aliphatic rings. The van der Waals surface area contributed by atoms with Gasteiger partial charge < -0.3 is 11.1 Å². The zero-order valence-electron chi connectivity index (χ0n) is 11.8. The van der Waals surface area contributed by atoms with E-state index in [1.807, 2.05) is 0 Å².